The van der Waals surface area contributed by atoms with Crippen molar-refractivity contribution in [3.05, 3.63) is 17.0 Å². The van der Waals surface area contributed by atoms with Crippen LogP contribution in [0.25, 0.3) is 0 Å². The van der Waals surface area contributed by atoms with E-state index in [4.69, 9.17) is 5.11 Å². The van der Waals surface area contributed by atoms with Crippen LogP contribution in [0.2, 0.25) is 0 Å². The lowest BCUT2D eigenvalue weighted by atomic mass is 9.87. The number of fused-ring (bicyclic) bond motifs is 1. The highest BCUT2D eigenvalue weighted by atomic mass is 16.3. The van der Waals surface area contributed by atoms with E-state index in [-0.39, 0.29) is 19.0 Å². The quantitative estimate of drug-likeness (QED) is 0.802. The molecule has 0 amide bonds. The summed E-state index contributed by atoms with van der Waals surface area (Å²) < 4.78 is 1.77. The van der Waals surface area contributed by atoms with E-state index in [0.29, 0.717) is 36.6 Å². The number of aryl methyl sites for hydroxylation is 1. The Balaban J connectivity index is 2.38. The fourth-order valence-corrected chi connectivity index (χ4v) is 2.42. The summed E-state index contributed by atoms with van der Waals surface area (Å²) in [5.41, 5.74) is 2.02. The lowest BCUT2D eigenvalue weighted by Crippen LogP contribution is -2.20. The zero-order chi connectivity index (χ0) is 12.4. The van der Waals surface area contributed by atoms with Gasteiger partial charge in [-0.2, -0.15) is 5.10 Å². The van der Waals surface area contributed by atoms with Crippen molar-refractivity contribution in [2.24, 2.45) is 5.92 Å². The first kappa shape index (κ1) is 12.3. The van der Waals surface area contributed by atoms with Gasteiger partial charge in [0.15, 0.2) is 5.78 Å². The van der Waals surface area contributed by atoms with Gasteiger partial charge < -0.3 is 10.2 Å². The molecule has 1 aliphatic carbocycles. The van der Waals surface area contributed by atoms with Crippen LogP contribution in [0.5, 0.6) is 0 Å². The Morgan fingerprint density at radius 1 is 1.41 bits per heavy atom. The predicted molar refractivity (Wildman–Crippen MR) is 61.7 cm³/mol. The predicted octanol–water partition coefficient (Wildman–Crippen LogP) is 0.523. The average Bonchev–Trinajstić information content (AvgIpc) is 2.64. The molecule has 94 valence electrons. The van der Waals surface area contributed by atoms with Crippen LogP contribution in [0, 0.1) is 5.92 Å². The Bertz CT molecular complexity index is 426. The molecule has 0 saturated heterocycles. The maximum atomic E-state index is 11.9. The molecule has 0 bridgehead atoms. The maximum Gasteiger partial charge on any atom is 0.166 e. The first-order chi connectivity index (χ1) is 8.17. The van der Waals surface area contributed by atoms with Crippen molar-refractivity contribution < 1.29 is 15.0 Å². The van der Waals surface area contributed by atoms with E-state index in [9.17, 15) is 9.90 Å². The van der Waals surface area contributed by atoms with Crippen LogP contribution in [0.1, 0.15) is 41.5 Å². The summed E-state index contributed by atoms with van der Waals surface area (Å²) in [6, 6.07) is 0. The molecule has 5 heteroatoms. The molecular formula is C12H18N2O3. The summed E-state index contributed by atoms with van der Waals surface area (Å²) in [5.74, 6) is 0.407. The topological polar surface area (TPSA) is 75.3 Å². The number of rotatable bonds is 4. The van der Waals surface area contributed by atoms with E-state index < -0.39 is 0 Å². The Morgan fingerprint density at radius 3 is 2.82 bits per heavy atom. The van der Waals surface area contributed by atoms with Crippen molar-refractivity contribution in [2.75, 3.05) is 6.61 Å². The normalized spacial score (nSPS) is 19.5. The molecule has 0 aromatic carbocycles. The third-order valence-corrected chi connectivity index (χ3v) is 3.16. The van der Waals surface area contributed by atoms with Gasteiger partial charge in [-0.05, 0) is 18.8 Å². The molecule has 2 rings (SSSR count). The van der Waals surface area contributed by atoms with Crippen molar-refractivity contribution >= 4 is 5.78 Å². The first-order valence-electron chi connectivity index (χ1n) is 6.00. The van der Waals surface area contributed by atoms with E-state index in [1.54, 1.807) is 4.68 Å². The number of hydrogen-bond acceptors (Lipinski definition) is 4. The first-order valence-corrected chi connectivity index (χ1v) is 6.00. The van der Waals surface area contributed by atoms with Gasteiger partial charge in [-0.25, -0.2) is 0 Å². The van der Waals surface area contributed by atoms with Crippen molar-refractivity contribution in [3.8, 4) is 0 Å². The summed E-state index contributed by atoms with van der Waals surface area (Å²) in [5, 5.41) is 22.3. The number of ketones is 1. The third kappa shape index (κ3) is 2.25. The van der Waals surface area contributed by atoms with Crippen molar-refractivity contribution in [3.63, 3.8) is 0 Å². The van der Waals surface area contributed by atoms with E-state index in [1.807, 2.05) is 6.92 Å². The minimum atomic E-state index is -0.200. The van der Waals surface area contributed by atoms with Crippen molar-refractivity contribution in [2.45, 2.75) is 39.3 Å². The molecule has 0 radical (unpaired) electrons. The van der Waals surface area contributed by atoms with Crippen LogP contribution in [-0.4, -0.2) is 32.4 Å². The van der Waals surface area contributed by atoms with Gasteiger partial charge in [0.1, 0.15) is 0 Å². The van der Waals surface area contributed by atoms with E-state index >= 15 is 0 Å². The molecular weight excluding hydrogens is 220 g/mol. The fourth-order valence-electron chi connectivity index (χ4n) is 2.42. The third-order valence-electron chi connectivity index (χ3n) is 3.16. The molecule has 1 aromatic heterocycles. The van der Waals surface area contributed by atoms with Crippen LogP contribution < -0.4 is 0 Å². The summed E-state index contributed by atoms with van der Waals surface area (Å²) >= 11 is 0. The maximum absolute atomic E-state index is 11.9. The second-order valence-corrected chi connectivity index (χ2v) is 4.66. The van der Waals surface area contributed by atoms with Crippen molar-refractivity contribution in [1.82, 2.24) is 9.78 Å². The van der Waals surface area contributed by atoms with Crippen LogP contribution in [0.15, 0.2) is 0 Å². The number of aromatic nitrogens is 2. The standard InChI is InChI=1S/C12H18N2O3/c1-8-5-10-12(11(17)6-8)9(7-16)13-14(10)3-2-4-15/h8,15-16H,2-7H2,1H3/t8-/m1/s1. The SMILES string of the molecule is C[C@H]1CC(=O)c2c(CO)nn(CCCO)c2C1. The minimum Gasteiger partial charge on any atom is -0.396 e. The van der Waals surface area contributed by atoms with Gasteiger partial charge in [0.25, 0.3) is 0 Å². The fraction of sp³-hybridized carbons (Fsp3) is 0.667. The van der Waals surface area contributed by atoms with Gasteiger partial charge in [-0.3, -0.25) is 9.48 Å². The highest BCUT2D eigenvalue weighted by molar-refractivity contribution is 5.99. The average molecular weight is 238 g/mol. The van der Waals surface area contributed by atoms with E-state index in [1.165, 1.54) is 0 Å². The Hall–Kier alpha value is -1.20. The van der Waals surface area contributed by atoms with Gasteiger partial charge in [0, 0.05) is 25.3 Å². The zero-order valence-corrected chi connectivity index (χ0v) is 10.0. The highest BCUT2D eigenvalue weighted by Gasteiger charge is 2.29. The monoisotopic (exact) mass is 238 g/mol. The van der Waals surface area contributed by atoms with Crippen LogP contribution >= 0.6 is 0 Å². The summed E-state index contributed by atoms with van der Waals surface area (Å²) in [6.07, 6.45) is 1.97. The summed E-state index contributed by atoms with van der Waals surface area (Å²) in [7, 11) is 0. The van der Waals surface area contributed by atoms with E-state index in [0.717, 1.165) is 12.1 Å². The molecule has 0 spiro atoms. The number of nitrogens with zero attached hydrogens (tertiary/aromatic N) is 2. The smallest absolute Gasteiger partial charge is 0.166 e. The molecule has 17 heavy (non-hydrogen) atoms. The second kappa shape index (κ2) is 4.98. The number of carbonyl (C=O) groups is 1. The minimum absolute atomic E-state index is 0.0815. The number of hydrogen-bond donors (Lipinski definition) is 2. The molecule has 2 N–H and O–H groups in total. The molecule has 0 saturated carbocycles. The van der Waals surface area contributed by atoms with Crippen LogP contribution in [-0.2, 0) is 19.6 Å². The summed E-state index contributed by atoms with van der Waals surface area (Å²) in [6.45, 7) is 2.54. The second-order valence-electron chi connectivity index (χ2n) is 4.66. The van der Waals surface area contributed by atoms with Crippen LogP contribution in [0.4, 0.5) is 0 Å². The van der Waals surface area contributed by atoms with Crippen molar-refractivity contribution in [1.29, 1.82) is 0 Å². The highest BCUT2D eigenvalue weighted by Crippen LogP contribution is 2.28. The zero-order valence-electron chi connectivity index (χ0n) is 10.0. The van der Waals surface area contributed by atoms with Gasteiger partial charge in [-0.15, -0.1) is 0 Å². The molecule has 0 aliphatic heterocycles. The number of Topliss-reactive ketones (excluding diaryl/α,β-unsaturated/α-hetero) is 1. The molecule has 5 nitrogen and oxygen atoms in total. The van der Waals surface area contributed by atoms with E-state index in [2.05, 4.69) is 5.10 Å². The summed E-state index contributed by atoms with van der Waals surface area (Å²) in [4.78, 5) is 11.9. The van der Waals surface area contributed by atoms with Gasteiger partial charge in [0.05, 0.1) is 17.9 Å². The number of aliphatic hydroxyl groups is 2. The Labute approximate surface area is 100 Å². The van der Waals surface area contributed by atoms with Gasteiger partial charge in [0.2, 0.25) is 0 Å². The Morgan fingerprint density at radius 2 is 2.18 bits per heavy atom. The largest absolute Gasteiger partial charge is 0.396 e. The lowest BCUT2D eigenvalue weighted by molar-refractivity contribution is 0.0949. The molecule has 1 atom stereocenters. The lowest BCUT2D eigenvalue weighted by Gasteiger charge is -2.19. The molecule has 1 aliphatic rings. The Kier molecular flexibility index (Phi) is 3.59. The molecule has 0 unspecified atom stereocenters. The number of aliphatic hydroxyl groups excluding tert-OH is 2. The molecule has 1 aromatic rings. The van der Waals surface area contributed by atoms with Gasteiger partial charge >= 0.3 is 0 Å². The number of carbonyl (C=O) groups excluding carboxylic acids is 1. The molecule has 1 heterocycles. The van der Waals surface area contributed by atoms with Crippen LogP contribution in [0.3, 0.4) is 0 Å². The van der Waals surface area contributed by atoms with Gasteiger partial charge in [-0.1, -0.05) is 6.92 Å². The molecule has 0 fully saturated rings.